The summed E-state index contributed by atoms with van der Waals surface area (Å²) in [7, 11) is 0. The number of pyridine rings is 1. The van der Waals surface area contributed by atoms with Gasteiger partial charge in [-0.05, 0) is 71.9 Å². The van der Waals surface area contributed by atoms with Gasteiger partial charge in [-0.2, -0.15) is 0 Å². The van der Waals surface area contributed by atoms with Crippen molar-refractivity contribution in [1.29, 1.82) is 0 Å². The summed E-state index contributed by atoms with van der Waals surface area (Å²) >= 11 is 3.37. The van der Waals surface area contributed by atoms with Crippen LogP contribution in [-0.2, 0) is 6.42 Å². The number of carboxylic acid groups (broad SMARTS) is 1. The Bertz CT molecular complexity index is 869. The molecule has 0 saturated heterocycles. The van der Waals surface area contributed by atoms with Crippen LogP contribution in [0.15, 0.2) is 40.9 Å². The predicted molar refractivity (Wildman–Crippen MR) is 99.1 cm³/mol. The first-order valence-corrected chi connectivity index (χ1v) is 8.59. The highest BCUT2D eigenvalue weighted by atomic mass is 79.9. The zero-order chi connectivity index (χ0) is 19.3. The molecule has 1 amide bonds. The molecule has 2 aromatic rings. The van der Waals surface area contributed by atoms with E-state index in [1.165, 1.54) is 12.1 Å². The summed E-state index contributed by atoms with van der Waals surface area (Å²) in [5, 5.41) is 21.3. The minimum atomic E-state index is -1.21. The van der Waals surface area contributed by atoms with Crippen molar-refractivity contribution in [2.24, 2.45) is 0 Å². The Morgan fingerprint density at radius 2 is 2.12 bits per heavy atom. The first-order valence-electron chi connectivity index (χ1n) is 7.80. The third kappa shape index (κ3) is 6.14. The lowest BCUT2D eigenvalue weighted by Gasteiger charge is -2.18. The van der Waals surface area contributed by atoms with E-state index in [0.29, 0.717) is 21.4 Å². The number of hydrogen-bond donors (Lipinski definition) is 3. The van der Waals surface area contributed by atoms with Crippen molar-refractivity contribution in [3.8, 4) is 11.8 Å². The van der Waals surface area contributed by atoms with Crippen LogP contribution in [0.5, 0.6) is 0 Å². The zero-order valence-corrected chi connectivity index (χ0v) is 15.8. The van der Waals surface area contributed by atoms with Crippen LogP contribution in [-0.4, -0.2) is 26.9 Å². The normalized spacial score (nSPS) is 12.0. The van der Waals surface area contributed by atoms with Crippen LogP contribution in [0.3, 0.4) is 0 Å². The maximum absolute atomic E-state index is 13.4. The summed E-state index contributed by atoms with van der Waals surface area (Å²) in [6.07, 6.45) is -0.994. The standard InChI is InChI=1S/C19H18BrFN2O3/c1-19(2,26)9-8-14-6-7-15(20)17(22-14)16(23-18(24)25)11-12-4-3-5-13(21)10-12/h3-7,10,16,23,26H,11H2,1-2H3,(H,24,25). The highest BCUT2D eigenvalue weighted by molar-refractivity contribution is 9.10. The van der Waals surface area contributed by atoms with Gasteiger partial charge in [-0.25, -0.2) is 14.2 Å². The fourth-order valence-electron chi connectivity index (χ4n) is 2.25. The molecule has 5 nitrogen and oxygen atoms in total. The number of hydrogen-bond acceptors (Lipinski definition) is 3. The molecule has 1 heterocycles. The van der Waals surface area contributed by atoms with Gasteiger partial charge in [0.2, 0.25) is 0 Å². The molecule has 0 fully saturated rings. The minimum Gasteiger partial charge on any atom is -0.465 e. The molecule has 2 rings (SSSR count). The molecular weight excluding hydrogens is 403 g/mol. The highest BCUT2D eigenvalue weighted by Gasteiger charge is 2.20. The van der Waals surface area contributed by atoms with E-state index in [9.17, 15) is 14.3 Å². The third-order valence-corrected chi connectivity index (χ3v) is 4.00. The molecular formula is C19H18BrFN2O3. The molecule has 0 bridgehead atoms. The maximum atomic E-state index is 13.4. The van der Waals surface area contributed by atoms with Crippen LogP contribution in [0.1, 0.15) is 36.8 Å². The fraction of sp³-hybridized carbons (Fsp3) is 0.263. The second kappa shape index (κ2) is 8.30. The van der Waals surface area contributed by atoms with Gasteiger partial charge in [0.1, 0.15) is 17.1 Å². The van der Waals surface area contributed by atoms with Crippen molar-refractivity contribution in [1.82, 2.24) is 10.3 Å². The van der Waals surface area contributed by atoms with Crippen molar-refractivity contribution in [2.45, 2.75) is 31.9 Å². The van der Waals surface area contributed by atoms with E-state index in [-0.39, 0.29) is 6.42 Å². The van der Waals surface area contributed by atoms with E-state index in [1.807, 2.05) is 0 Å². The van der Waals surface area contributed by atoms with Crippen molar-refractivity contribution < 1.29 is 19.4 Å². The molecule has 0 radical (unpaired) electrons. The molecule has 0 aliphatic rings. The van der Waals surface area contributed by atoms with Gasteiger partial charge in [-0.15, -0.1) is 0 Å². The fourth-order valence-corrected chi connectivity index (χ4v) is 2.75. The van der Waals surface area contributed by atoms with Gasteiger partial charge in [0.15, 0.2) is 0 Å². The lowest BCUT2D eigenvalue weighted by atomic mass is 10.0. The number of amides is 1. The molecule has 0 aliphatic carbocycles. The van der Waals surface area contributed by atoms with Gasteiger partial charge >= 0.3 is 6.09 Å². The van der Waals surface area contributed by atoms with Gasteiger partial charge in [-0.1, -0.05) is 18.1 Å². The van der Waals surface area contributed by atoms with E-state index in [1.54, 1.807) is 38.1 Å². The summed E-state index contributed by atoms with van der Waals surface area (Å²) in [5.41, 5.74) is 0.279. The second-order valence-electron chi connectivity index (χ2n) is 6.21. The van der Waals surface area contributed by atoms with Gasteiger partial charge < -0.3 is 15.5 Å². The Balaban J connectivity index is 2.40. The Morgan fingerprint density at radius 1 is 1.38 bits per heavy atom. The summed E-state index contributed by atoms with van der Waals surface area (Å²) in [6.45, 7) is 3.11. The first-order chi connectivity index (χ1) is 12.1. The number of nitrogens with zero attached hydrogens (tertiary/aromatic N) is 1. The third-order valence-electron chi connectivity index (χ3n) is 3.33. The van der Waals surface area contributed by atoms with Gasteiger partial charge in [0.05, 0.1) is 11.7 Å². The molecule has 26 heavy (non-hydrogen) atoms. The first kappa shape index (κ1) is 19.9. The molecule has 1 atom stereocenters. The number of carbonyl (C=O) groups is 1. The van der Waals surface area contributed by atoms with Crippen LogP contribution in [0.25, 0.3) is 0 Å². The van der Waals surface area contributed by atoms with E-state index >= 15 is 0 Å². The van der Waals surface area contributed by atoms with Crippen molar-refractivity contribution in [2.75, 3.05) is 0 Å². The van der Waals surface area contributed by atoms with Crippen LogP contribution < -0.4 is 5.32 Å². The highest BCUT2D eigenvalue weighted by Crippen LogP contribution is 2.25. The summed E-state index contributed by atoms with van der Waals surface area (Å²) in [5.74, 6) is 5.03. The molecule has 3 N–H and O–H groups in total. The lowest BCUT2D eigenvalue weighted by molar-refractivity contribution is 0.143. The van der Waals surface area contributed by atoms with Crippen molar-refractivity contribution in [3.05, 3.63) is 63.6 Å². The molecule has 136 valence electrons. The Labute approximate surface area is 159 Å². The Kier molecular flexibility index (Phi) is 6.35. The number of aliphatic hydroxyl groups is 1. The number of nitrogens with one attached hydrogen (secondary N) is 1. The zero-order valence-electron chi connectivity index (χ0n) is 14.3. The van der Waals surface area contributed by atoms with E-state index in [0.717, 1.165) is 0 Å². The van der Waals surface area contributed by atoms with Gasteiger partial charge in [-0.3, -0.25) is 0 Å². The molecule has 7 heteroatoms. The van der Waals surface area contributed by atoms with Gasteiger partial charge in [0, 0.05) is 4.47 Å². The number of benzene rings is 1. The molecule has 0 aliphatic heterocycles. The largest absolute Gasteiger partial charge is 0.465 e. The smallest absolute Gasteiger partial charge is 0.405 e. The van der Waals surface area contributed by atoms with E-state index in [4.69, 9.17) is 5.11 Å². The average Bonchev–Trinajstić information content (AvgIpc) is 2.52. The molecule has 0 spiro atoms. The quantitative estimate of drug-likeness (QED) is 0.659. The molecule has 1 unspecified atom stereocenters. The second-order valence-corrected chi connectivity index (χ2v) is 7.06. The van der Waals surface area contributed by atoms with Crippen molar-refractivity contribution in [3.63, 3.8) is 0 Å². The van der Waals surface area contributed by atoms with Gasteiger partial charge in [0.25, 0.3) is 0 Å². The summed E-state index contributed by atoms with van der Waals surface area (Å²) in [4.78, 5) is 15.6. The molecule has 0 saturated carbocycles. The summed E-state index contributed by atoms with van der Waals surface area (Å²) in [6, 6.07) is 8.62. The predicted octanol–water partition coefficient (Wildman–Crippen LogP) is 3.66. The Hall–Kier alpha value is -2.43. The van der Waals surface area contributed by atoms with Crippen LogP contribution >= 0.6 is 15.9 Å². The van der Waals surface area contributed by atoms with Crippen LogP contribution in [0.2, 0.25) is 0 Å². The molecule has 1 aromatic heterocycles. The van der Waals surface area contributed by atoms with E-state index in [2.05, 4.69) is 38.1 Å². The number of halogens is 2. The monoisotopic (exact) mass is 420 g/mol. The minimum absolute atomic E-state index is 0.220. The number of aromatic nitrogens is 1. The van der Waals surface area contributed by atoms with E-state index < -0.39 is 23.6 Å². The van der Waals surface area contributed by atoms with Crippen molar-refractivity contribution >= 4 is 22.0 Å². The molecule has 1 aromatic carbocycles. The van der Waals surface area contributed by atoms with Crippen LogP contribution in [0, 0.1) is 17.7 Å². The average molecular weight is 421 g/mol. The topological polar surface area (TPSA) is 82.5 Å². The Morgan fingerprint density at radius 3 is 2.73 bits per heavy atom. The summed E-state index contributed by atoms with van der Waals surface area (Å²) < 4.78 is 14.0. The maximum Gasteiger partial charge on any atom is 0.405 e. The lowest BCUT2D eigenvalue weighted by Crippen LogP contribution is -2.29. The SMILES string of the molecule is CC(C)(O)C#Cc1ccc(Br)c(C(Cc2cccc(F)c2)NC(=O)O)n1. The number of rotatable bonds is 4. The van der Waals surface area contributed by atoms with Crippen LogP contribution in [0.4, 0.5) is 9.18 Å².